The maximum Gasteiger partial charge on any atom is 0.233 e. The second kappa shape index (κ2) is 5.48. The summed E-state index contributed by atoms with van der Waals surface area (Å²) in [5, 5.41) is 0. The molecule has 2 heterocycles. The minimum absolute atomic E-state index is 0. The van der Waals surface area contributed by atoms with E-state index in [0.29, 0.717) is 5.89 Å². The number of pyridine rings is 1. The standard InChI is InChI=1S/C14H13N2O.HI/c1-2-16-9-5-6-11(10-16)14-15-12-7-3-4-8-13(12)17-14;/h3-10H,2H2,1H3;1H/q+1;/p-1. The summed E-state index contributed by atoms with van der Waals surface area (Å²) in [6, 6.07) is 11.8. The Morgan fingerprint density at radius 3 is 2.78 bits per heavy atom. The lowest BCUT2D eigenvalue weighted by molar-refractivity contribution is -0.693. The number of para-hydroxylation sites is 2. The van der Waals surface area contributed by atoms with Gasteiger partial charge in [0.05, 0.1) is 0 Å². The van der Waals surface area contributed by atoms with Gasteiger partial charge >= 0.3 is 0 Å². The highest BCUT2D eigenvalue weighted by molar-refractivity contribution is 5.75. The van der Waals surface area contributed by atoms with E-state index in [9.17, 15) is 0 Å². The molecule has 0 saturated carbocycles. The Bertz CT molecular complexity index is 630. The van der Waals surface area contributed by atoms with E-state index in [1.807, 2.05) is 48.8 Å². The molecule has 0 aliphatic heterocycles. The van der Waals surface area contributed by atoms with Crippen molar-refractivity contribution in [3.8, 4) is 11.5 Å². The quantitative estimate of drug-likeness (QED) is 0.473. The first-order chi connectivity index (χ1) is 8.36. The van der Waals surface area contributed by atoms with E-state index in [4.69, 9.17) is 4.42 Å². The van der Waals surface area contributed by atoms with E-state index < -0.39 is 0 Å². The van der Waals surface area contributed by atoms with Crippen molar-refractivity contribution >= 4 is 11.1 Å². The number of oxazole rings is 1. The molecule has 0 saturated heterocycles. The van der Waals surface area contributed by atoms with Crippen molar-refractivity contribution < 1.29 is 33.0 Å². The SMILES string of the molecule is CC[n+]1cccc(-c2nc3ccccc3o2)c1.[I-]. The summed E-state index contributed by atoms with van der Waals surface area (Å²) >= 11 is 0. The van der Waals surface area contributed by atoms with Crippen molar-refractivity contribution in [2.75, 3.05) is 0 Å². The Morgan fingerprint density at radius 2 is 2.00 bits per heavy atom. The van der Waals surface area contributed by atoms with Gasteiger partial charge in [0, 0.05) is 6.07 Å². The van der Waals surface area contributed by atoms with E-state index in [1.165, 1.54) is 0 Å². The first kappa shape index (κ1) is 13.0. The van der Waals surface area contributed by atoms with Crippen molar-refractivity contribution in [3.05, 3.63) is 48.8 Å². The molecular weight excluding hydrogens is 339 g/mol. The van der Waals surface area contributed by atoms with Crippen molar-refractivity contribution in [2.24, 2.45) is 0 Å². The third-order valence-electron chi connectivity index (χ3n) is 2.76. The molecule has 2 aromatic heterocycles. The number of fused-ring (bicyclic) bond motifs is 1. The molecule has 0 radical (unpaired) electrons. The summed E-state index contributed by atoms with van der Waals surface area (Å²) in [6.45, 7) is 3.05. The molecule has 0 unspecified atom stereocenters. The van der Waals surface area contributed by atoms with Gasteiger partial charge in [0.2, 0.25) is 5.89 Å². The molecule has 3 nitrogen and oxygen atoms in total. The van der Waals surface area contributed by atoms with Crippen molar-refractivity contribution in [1.29, 1.82) is 0 Å². The summed E-state index contributed by atoms with van der Waals surface area (Å²) in [5.74, 6) is 0.675. The maximum absolute atomic E-state index is 5.73. The fraction of sp³-hybridized carbons (Fsp3) is 0.143. The second-order valence-electron chi connectivity index (χ2n) is 3.91. The Labute approximate surface area is 122 Å². The van der Waals surface area contributed by atoms with Gasteiger partial charge in [-0.05, 0) is 25.1 Å². The average molecular weight is 352 g/mol. The van der Waals surface area contributed by atoms with Crippen LogP contribution in [0.2, 0.25) is 0 Å². The van der Waals surface area contributed by atoms with Crippen LogP contribution in [0.15, 0.2) is 53.2 Å². The number of aromatic nitrogens is 2. The van der Waals surface area contributed by atoms with Gasteiger partial charge in [-0.25, -0.2) is 9.55 Å². The van der Waals surface area contributed by atoms with Crippen LogP contribution >= 0.6 is 0 Å². The molecule has 3 rings (SSSR count). The minimum atomic E-state index is 0. The van der Waals surface area contributed by atoms with Crippen LogP contribution in [-0.4, -0.2) is 4.98 Å². The first-order valence-electron chi connectivity index (χ1n) is 5.72. The van der Waals surface area contributed by atoms with Crippen LogP contribution in [-0.2, 0) is 6.54 Å². The molecule has 1 aromatic carbocycles. The van der Waals surface area contributed by atoms with Crippen LogP contribution in [0.4, 0.5) is 0 Å². The van der Waals surface area contributed by atoms with Crippen LogP contribution in [0.1, 0.15) is 6.92 Å². The molecule has 0 fully saturated rings. The van der Waals surface area contributed by atoms with Crippen LogP contribution in [0, 0.1) is 0 Å². The molecule has 0 spiro atoms. The summed E-state index contributed by atoms with van der Waals surface area (Å²) in [7, 11) is 0. The lowest BCUT2D eigenvalue weighted by Gasteiger charge is -1.94. The highest BCUT2D eigenvalue weighted by Crippen LogP contribution is 2.22. The largest absolute Gasteiger partial charge is 1.00 e. The number of hydrogen-bond donors (Lipinski definition) is 0. The smallest absolute Gasteiger partial charge is 0.233 e. The fourth-order valence-electron chi connectivity index (χ4n) is 1.84. The normalized spacial score (nSPS) is 10.3. The Kier molecular flexibility index (Phi) is 3.96. The molecule has 0 N–H and O–H groups in total. The predicted molar refractivity (Wildman–Crippen MR) is 65.3 cm³/mol. The van der Waals surface area contributed by atoms with Crippen molar-refractivity contribution in [3.63, 3.8) is 0 Å². The zero-order chi connectivity index (χ0) is 11.7. The number of nitrogens with zero attached hydrogens (tertiary/aromatic N) is 2. The first-order valence-corrected chi connectivity index (χ1v) is 5.72. The molecule has 0 amide bonds. The van der Waals surface area contributed by atoms with Gasteiger partial charge in [-0.15, -0.1) is 0 Å². The monoisotopic (exact) mass is 352 g/mol. The summed E-state index contributed by atoms with van der Waals surface area (Å²) in [6.07, 6.45) is 4.08. The summed E-state index contributed by atoms with van der Waals surface area (Å²) in [5.41, 5.74) is 2.73. The maximum atomic E-state index is 5.73. The third-order valence-corrected chi connectivity index (χ3v) is 2.76. The third kappa shape index (κ3) is 2.38. The lowest BCUT2D eigenvalue weighted by atomic mass is 10.3. The zero-order valence-corrected chi connectivity index (χ0v) is 12.2. The van der Waals surface area contributed by atoms with E-state index >= 15 is 0 Å². The van der Waals surface area contributed by atoms with E-state index in [1.54, 1.807) is 0 Å². The summed E-state index contributed by atoms with van der Waals surface area (Å²) < 4.78 is 7.83. The average Bonchev–Trinajstić information content (AvgIpc) is 2.82. The predicted octanol–water partition coefficient (Wildman–Crippen LogP) is -0.194. The molecule has 0 atom stereocenters. The van der Waals surface area contributed by atoms with Gasteiger partial charge in [0.25, 0.3) is 0 Å². The molecule has 0 aliphatic carbocycles. The molecule has 0 aliphatic rings. The number of halogens is 1. The minimum Gasteiger partial charge on any atom is -1.00 e. The molecule has 0 bridgehead atoms. The number of rotatable bonds is 2. The lowest BCUT2D eigenvalue weighted by Crippen LogP contribution is -3.00. The molecule has 18 heavy (non-hydrogen) atoms. The van der Waals surface area contributed by atoms with Crippen LogP contribution < -0.4 is 28.5 Å². The fourth-order valence-corrected chi connectivity index (χ4v) is 1.84. The Balaban J connectivity index is 0.00000120. The van der Waals surface area contributed by atoms with Gasteiger partial charge < -0.3 is 28.4 Å². The highest BCUT2D eigenvalue weighted by Gasteiger charge is 2.10. The van der Waals surface area contributed by atoms with E-state index in [2.05, 4.69) is 16.5 Å². The van der Waals surface area contributed by atoms with Crippen molar-refractivity contribution in [2.45, 2.75) is 13.5 Å². The summed E-state index contributed by atoms with van der Waals surface area (Å²) in [4.78, 5) is 4.48. The van der Waals surface area contributed by atoms with Crippen molar-refractivity contribution in [1.82, 2.24) is 4.98 Å². The van der Waals surface area contributed by atoms with Gasteiger partial charge in [-0.1, -0.05) is 12.1 Å². The molecular formula is C14H13IN2O. The van der Waals surface area contributed by atoms with E-state index in [-0.39, 0.29) is 24.0 Å². The number of hydrogen-bond acceptors (Lipinski definition) is 2. The van der Waals surface area contributed by atoms with Gasteiger partial charge in [-0.2, -0.15) is 0 Å². The van der Waals surface area contributed by atoms with Gasteiger partial charge in [0.15, 0.2) is 18.0 Å². The Hall–Kier alpha value is -1.43. The van der Waals surface area contributed by atoms with Crippen LogP contribution in [0.3, 0.4) is 0 Å². The highest BCUT2D eigenvalue weighted by atomic mass is 127. The second-order valence-corrected chi connectivity index (χ2v) is 3.91. The number of aryl methyl sites for hydroxylation is 1. The zero-order valence-electron chi connectivity index (χ0n) is 10.0. The van der Waals surface area contributed by atoms with Gasteiger partial charge in [0.1, 0.15) is 17.6 Å². The topological polar surface area (TPSA) is 29.9 Å². The molecule has 92 valence electrons. The van der Waals surface area contributed by atoms with Gasteiger partial charge in [-0.3, -0.25) is 0 Å². The molecule has 4 heteroatoms. The number of benzene rings is 1. The van der Waals surface area contributed by atoms with E-state index in [0.717, 1.165) is 23.2 Å². The molecule has 3 aromatic rings. The van der Waals surface area contributed by atoms with Crippen LogP contribution in [0.5, 0.6) is 0 Å². The van der Waals surface area contributed by atoms with Crippen LogP contribution in [0.25, 0.3) is 22.6 Å². The Morgan fingerprint density at radius 1 is 1.17 bits per heavy atom.